The van der Waals surface area contributed by atoms with Gasteiger partial charge in [-0.15, -0.1) is 0 Å². The van der Waals surface area contributed by atoms with Gasteiger partial charge < -0.3 is 5.32 Å². The summed E-state index contributed by atoms with van der Waals surface area (Å²) >= 11 is 0. The van der Waals surface area contributed by atoms with Gasteiger partial charge in [-0.25, -0.2) is 0 Å². The first kappa shape index (κ1) is 10.8. The predicted molar refractivity (Wildman–Crippen MR) is 58.7 cm³/mol. The van der Waals surface area contributed by atoms with Gasteiger partial charge in [0.2, 0.25) is 0 Å². The second kappa shape index (κ2) is 5.43. The van der Waals surface area contributed by atoms with Gasteiger partial charge in [-0.3, -0.25) is 0 Å². The Morgan fingerprint density at radius 1 is 1.15 bits per heavy atom. The van der Waals surface area contributed by atoms with Crippen LogP contribution in [0.1, 0.15) is 33.6 Å². The molecular formula is C12H23N. The van der Waals surface area contributed by atoms with Gasteiger partial charge >= 0.3 is 0 Å². The summed E-state index contributed by atoms with van der Waals surface area (Å²) < 4.78 is 0. The Hall–Kier alpha value is -0.300. The Bertz CT molecular complexity index is 163. The van der Waals surface area contributed by atoms with Gasteiger partial charge in [-0.05, 0) is 37.1 Å². The van der Waals surface area contributed by atoms with Gasteiger partial charge in [0.15, 0.2) is 0 Å². The quantitative estimate of drug-likeness (QED) is 0.567. The van der Waals surface area contributed by atoms with Crippen molar-refractivity contribution in [3.8, 4) is 0 Å². The summed E-state index contributed by atoms with van der Waals surface area (Å²) in [4.78, 5) is 0. The molecule has 0 aromatic heterocycles. The fourth-order valence-corrected chi connectivity index (χ4v) is 1.77. The summed E-state index contributed by atoms with van der Waals surface area (Å²) in [6.45, 7) is 9.33. The van der Waals surface area contributed by atoms with Crippen molar-refractivity contribution in [2.75, 3.05) is 13.1 Å². The lowest BCUT2D eigenvalue weighted by Crippen LogP contribution is -2.24. The molecule has 1 nitrogen and oxygen atoms in total. The molecule has 0 spiro atoms. The molecule has 0 fully saturated rings. The van der Waals surface area contributed by atoms with Crippen molar-refractivity contribution in [3.05, 3.63) is 12.2 Å². The molecule has 3 atom stereocenters. The molecule has 0 aromatic rings. The Morgan fingerprint density at radius 3 is 2.69 bits per heavy atom. The molecule has 1 N–H and O–H groups in total. The molecule has 0 saturated carbocycles. The van der Waals surface area contributed by atoms with Gasteiger partial charge in [0.05, 0.1) is 0 Å². The summed E-state index contributed by atoms with van der Waals surface area (Å²) in [5, 5.41) is 3.50. The van der Waals surface area contributed by atoms with E-state index in [1.54, 1.807) is 0 Å². The van der Waals surface area contributed by atoms with E-state index in [0.29, 0.717) is 5.92 Å². The van der Waals surface area contributed by atoms with Gasteiger partial charge in [0.1, 0.15) is 0 Å². The van der Waals surface area contributed by atoms with Crippen molar-refractivity contribution < 1.29 is 0 Å². The standard InChI is InChI=1S/C12H23N/c1-10-5-4-6-11(2)12(3)7-8-13-9-10/h4-5,10-13H,6-9H2,1-3H3. The van der Waals surface area contributed by atoms with Gasteiger partial charge in [0.25, 0.3) is 0 Å². The highest BCUT2D eigenvalue weighted by atomic mass is 14.8. The Balaban J connectivity index is 2.46. The molecule has 1 heteroatoms. The third-order valence-corrected chi connectivity index (χ3v) is 3.19. The van der Waals surface area contributed by atoms with Crippen LogP contribution in [0.2, 0.25) is 0 Å². The summed E-state index contributed by atoms with van der Waals surface area (Å²) in [6, 6.07) is 0. The van der Waals surface area contributed by atoms with Crippen molar-refractivity contribution in [1.29, 1.82) is 0 Å². The monoisotopic (exact) mass is 181 g/mol. The molecule has 0 bridgehead atoms. The Morgan fingerprint density at radius 2 is 1.92 bits per heavy atom. The summed E-state index contributed by atoms with van der Waals surface area (Å²) in [7, 11) is 0. The van der Waals surface area contributed by atoms with Crippen LogP contribution < -0.4 is 5.32 Å². The molecule has 1 aliphatic heterocycles. The van der Waals surface area contributed by atoms with E-state index in [4.69, 9.17) is 0 Å². The highest BCUT2D eigenvalue weighted by molar-refractivity contribution is 4.90. The fraction of sp³-hybridized carbons (Fsp3) is 0.833. The largest absolute Gasteiger partial charge is 0.316 e. The van der Waals surface area contributed by atoms with E-state index in [1.165, 1.54) is 19.4 Å². The first-order valence-corrected chi connectivity index (χ1v) is 5.57. The van der Waals surface area contributed by atoms with Crippen LogP contribution in [-0.4, -0.2) is 13.1 Å². The fourth-order valence-electron chi connectivity index (χ4n) is 1.77. The van der Waals surface area contributed by atoms with E-state index in [-0.39, 0.29) is 0 Å². The van der Waals surface area contributed by atoms with Gasteiger partial charge in [-0.1, -0.05) is 32.9 Å². The van der Waals surface area contributed by atoms with E-state index < -0.39 is 0 Å². The molecule has 0 radical (unpaired) electrons. The second-order valence-electron chi connectivity index (χ2n) is 4.59. The third-order valence-electron chi connectivity index (χ3n) is 3.19. The second-order valence-corrected chi connectivity index (χ2v) is 4.59. The Kier molecular flexibility index (Phi) is 4.51. The molecule has 13 heavy (non-hydrogen) atoms. The van der Waals surface area contributed by atoms with Crippen LogP contribution in [0.5, 0.6) is 0 Å². The molecule has 1 aliphatic rings. The smallest absolute Gasteiger partial charge is 0.00115 e. The van der Waals surface area contributed by atoms with Crippen molar-refractivity contribution >= 4 is 0 Å². The van der Waals surface area contributed by atoms with Crippen LogP contribution in [0.25, 0.3) is 0 Å². The average molecular weight is 181 g/mol. The summed E-state index contributed by atoms with van der Waals surface area (Å²) in [5.74, 6) is 2.38. The van der Waals surface area contributed by atoms with Crippen LogP contribution in [-0.2, 0) is 0 Å². The predicted octanol–water partition coefficient (Wildman–Crippen LogP) is 2.83. The molecule has 1 rings (SSSR count). The third kappa shape index (κ3) is 3.95. The zero-order valence-electron chi connectivity index (χ0n) is 9.22. The highest BCUT2D eigenvalue weighted by Crippen LogP contribution is 2.19. The maximum Gasteiger partial charge on any atom is 0.00115 e. The van der Waals surface area contributed by atoms with Crippen molar-refractivity contribution in [1.82, 2.24) is 5.32 Å². The minimum absolute atomic E-state index is 0.695. The highest BCUT2D eigenvalue weighted by Gasteiger charge is 2.11. The van der Waals surface area contributed by atoms with Gasteiger partial charge in [0, 0.05) is 6.54 Å². The maximum absolute atomic E-state index is 3.50. The lowest BCUT2D eigenvalue weighted by Gasteiger charge is -2.20. The first-order chi connectivity index (χ1) is 6.20. The SMILES string of the molecule is CC1C=CCC(C)C(C)CCNC1. The molecular weight excluding hydrogens is 158 g/mol. The molecule has 0 aromatic carbocycles. The van der Waals surface area contributed by atoms with Crippen molar-refractivity contribution in [2.45, 2.75) is 33.6 Å². The van der Waals surface area contributed by atoms with Crippen LogP contribution in [0.15, 0.2) is 12.2 Å². The number of hydrogen-bond acceptors (Lipinski definition) is 1. The Labute approximate surface area is 82.6 Å². The van der Waals surface area contributed by atoms with Crippen LogP contribution >= 0.6 is 0 Å². The molecule has 0 aliphatic carbocycles. The first-order valence-electron chi connectivity index (χ1n) is 5.57. The molecule has 3 unspecified atom stereocenters. The zero-order chi connectivity index (χ0) is 9.68. The van der Waals surface area contributed by atoms with E-state index in [1.807, 2.05) is 0 Å². The number of hydrogen-bond donors (Lipinski definition) is 1. The lowest BCUT2D eigenvalue weighted by molar-refractivity contribution is 0.354. The zero-order valence-corrected chi connectivity index (χ0v) is 9.22. The molecule has 0 amide bonds. The topological polar surface area (TPSA) is 12.0 Å². The maximum atomic E-state index is 3.50. The lowest BCUT2D eigenvalue weighted by atomic mass is 9.89. The van der Waals surface area contributed by atoms with E-state index in [2.05, 4.69) is 38.2 Å². The number of nitrogens with one attached hydrogen (secondary N) is 1. The van der Waals surface area contributed by atoms with E-state index in [0.717, 1.165) is 18.4 Å². The van der Waals surface area contributed by atoms with Gasteiger partial charge in [-0.2, -0.15) is 0 Å². The van der Waals surface area contributed by atoms with E-state index >= 15 is 0 Å². The number of rotatable bonds is 0. The van der Waals surface area contributed by atoms with E-state index in [9.17, 15) is 0 Å². The van der Waals surface area contributed by atoms with Crippen molar-refractivity contribution in [2.24, 2.45) is 17.8 Å². The number of allylic oxidation sites excluding steroid dienone is 1. The molecule has 0 saturated heterocycles. The summed E-state index contributed by atoms with van der Waals surface area (Å²) in [5.41, 5.74) is 0. The van der Waals surface area contributed by atoms with Crippen LogP contribution in [0.4, 0.5) is 0 Å². The molecule has 1 heterocycles. The minimum atomic E-state index is 0.695. The van der Waals surface area contributed by atoms with Crippen molar-refractivity contribution in [3.63, 3.8) is 0 Å². The van der Waals surface area contributed by atoms with Crippen LogP contribution in [0.3, 0.4) is 0 Å². The van der Waals surface area contributed by atoms with Crippen LogP contribution in [0, 0.1) is 17.8 Å². The minimum Gasteiger partial charge on any atom is -0.316 e. The molecule has 76 valence electrons. The average Bonchev–Trinajstić information content (AvgIpc) is 2.11. The normalized spacial score (nSPS) is 37.3. The summed E-state index contributed by atoms with van der Waals surface area (Å²) in [6.07, 6.45) is 7.29.